The predicted octanol–water partition coefficient (Wildman–Crippen LogP) is 4.88. The summed E-state index contributed by atoms with van der Waals surface area (Å²) >= 11 is 0. The van der Waals surface area contributed by atoms with Crippen LogP contribution in [0.4, 0.5) is 15.8 Å². The van der Waals surface area contributed by atoms with Gasteiger partial charge in [-0.1, -0.05) is 6.92 Å². The highest BCUT2D eigenvalue weighted by Gasteiger charge is 2.28. The van der Waals surface area contributed by atoms with E-state index in [4.69, 9.17) is 15.2 Å². The average Bonchev–Trinajstić information content (AvgIpc) is 2.93. The Hall–Kier alpha value is -3.14. The van der Waals surface area contributed by atoms with Gasteiger partial charge in [0.1, 0.15) is 5.82 Å². The molecule has 3 unspecified atom stereocenters. The van der Waals surface area contributed by atoms with Crippen molar-refractivity contribution in [3.05, 3.63) is 59.8 Å². The lowest BCUT2D eigenvalue weighted by Gasteiger charge is -2.33. The van der Waals surface area contributed by atoms with Crippen molar-refractivity contribution in [3.63, 3.8) is 0 Å². The van der Waals surface area contributed by atoms with Crippen LogP contribution in [-0.4, -0.2) is 61.4 Å². The fourth-order valence-electron chi connectivity index (χ4n) is 6.08. The molecule has 8 nitrogen and oxygen atoms in total. The Morgan fingerprint density at radius 2 is 1.97 bits per heavy atom. The molecule has 1 amide bonds. The van der Waals surface area contributed by atoms with Gasteiger partial charge in [-0.25, -0.2) is 4.39 Å². The molecule has 2 aliphatic rings. The molecule has 39 heavy (non-hydrogen) atoms. The van der Waals surface area contributed by atoms with E-state index in [1.165, 1.54) is 12.1 Å². The number of piperidine rings is 1. The molecule has 1 aromatic carbocycles. The summed E-state index contributed by atoms with van der Waals surface area (Å²) in [5, 5.41) is 3.36. The van der Waals surface area contributed by atoms with Crippen LogP contribution in [0.15, 0.2) is 42.9 Å². The van der Waals surface area contributed by atoms with Crippen molar-refractivity contribution in [2.45, 2.75) is 57.1 Å². The van der Waals surface area contributed by atoms with Crippen LogP contribution in [0.5, 0.6) is 0 Å². The van der Waals surface area contributed by atoms with E-state index in [9.17, 15) is 9.18 Å². The van der Waals surface area contributed by atoms with Crippen LogP contribution in [0.25, 0.3) is 10.9 Å². The Balaban J connectivity index is 1.33. The number of carbonyl (C=O) groups is 1. The number of hydrogen-bond acceptors (Lipinski definition) is 7. The summed E-state index contributed by atoms with van der Waals surface area (Å²) in [5.41, 5.74) is 9.52. The summed E-state index contributed by atoms with van der Waals surface area (Å²) in [5.74, 6) is 0.0312. The van der Waals surface area contributed by atoms with E-state index in [0.717, 1.165) is 56.4 Å². The van der Waals surface area contributed by atoms with Crippen molar-refractivity contribution in [2.24, 2.45) is 11.7 Å². The fourth-order valence-corrected chi connectivity index (χ4v) is 6.08. The van der Waals surface area contributed by atoms with Gasteiger partial charge >= 0.3 is 0 Å². The number of halogens is 1. The van der Waals surface area contributed by atoms with Crippen LogP contribution in [0.1, 0.15) is 60.9 Å². The van der Waals surface area contributed by atoms with Gasteiger partial charge in [-0.2, -0.15) is 0 Å². The highest BCUT2D eigenvalue weighted by Crippen LogP contribution is 2.38. The van der Waals surface area contributed by atoms with Gasteiger partial charge in [0, 0.05) is 37.8 Å². The number of anilines is 2. The number of rotatable bonds is 8. The van der Waals surface area contributed by atoms with E-state index in [0.29, 0.717) is 41.3 Å². The van der Waals surface area contributed by atoms with Crippen molar-refractivity contribution >= 4 is 28.2 Å². The number of ether oxygens (including phenoxy) is 2. The van der Waals surface area contributed by atoms with Crippen LogP contribution in [-0.2, 0) is 9.47 Å². The molecule has 1 saturated heterocycles. The molecule has 2 aromatic heterocycles. The number of methoxy groups -OCH3 is 1. The van der Waals surface area contributed by atoms with Crippen molar-refractivity contribution < 1.29 is 18.7 Å². The van der Waals surface area contributed by atoms with Crippen molar-refractivity contribution in [1.29, 1.82) is 0 Å². The smallest absolute Gasteiger partial charge is 0.257 e. The minimum Gasteiger partial charge on any atom is -0.382 e. The van der Waals surface area contributed by atoms with Crippen LogP contribution in [0.3, 0.4) is 0 Å². The molecular formula is C30H38FN5O3. The highest BCUT2D eigenvalue weighted by atomic mass is 19.1. The number of hydrogen-bond donors (Lipinski definition) is 2. The summed E-state index contributed by atoms with van der Waals surface area (Å²) in [6.07, 6.45) is 10.0. The number of pyridine rings is 2. The van der Waals surface area contributed by atoms with Gasteiger partial charge < -0.3 is 25.4 Å². The van der Waals surface area contributed by atoms with Gasteiger partial charge in [0.25, 0.3) is 5.91 Å². The second-order valence-corrected chi connectivity index (χ2v) is 10.9. The minimum absolute atomic E-state index is 0.142. The zero-order chi connectivity index (χ0) is 27.4. The first-order chi connectivity index (χ1) is 18.9. The Kier molecular flexibility index (Phi) is 8.69. The van der Waals surface area contributed by atoms with Crippen LogP contribution >= 0.6 is 0 Å². The number of nitrogens with two attached hydrogens (primary N) is 1. The SMILES string of the molecule is COCCOC1CCN(c2cnc3c(C(=O)Nc4cnccc4C4CC(C)CC(N)C4)ccc(F)c3c2)CC1. The van der Waals surface area contributed by atoms with Gasteiger partial charge in [0.2, 0.25) is 0 Å². The summed E-state index contributed by atoms with van der Waals surface area (Å²) in [6, 6.07) is 6.73. The summed E-state index contributed by atoms with van der Waals surface area (Å²) < 4.78 is 25.9. The number of fused-ring (bicyclic) bond motifs is 1. The minimum atomic E-state index is -0.402. The van der Waals surface area contributed by atoms with Gasteiger partial charge in [0.15, 0.2) is 0 Å². The topological polar surface area (TPSA) is 103 Å². The monoisotopic (exact) mass is 535 g/mol. The summed E-state index contributed by atoms with van der Waals surface area (Å²) in [6.45, 7) is 4.97. The van der Waals surface area contributed by atoms with Gasteiger partial charge in [-0.3, -0.25) is 14.8 Å². The molecule has 1 aliphatic heterocycles. The van der Waals surface area contributed by atoms with E-state index < -0.39 is 5.82 Å². The first-order valence-electron chi connectivity index (χ1n) is 13.9. The van der Waals surface area contributed by atoms with E-state index in [1.807, 2.05) is 6.07 Å². The standard InChI is InChI=1S/C30H38FN5O3/c1-19-13-20(15-21(32)14-19)24-5-8-33-18-28(24)35-30(37)25-3-4-27(31)26-16-22(17-34-29(25)26)36-9-6-23(7-10-36)39-12-11-38-2/h3-5,8,16-21,23H,6-7,9-15,32H2,1-2H3,(H,35,37). The number of nitrogens with one attached hydrogen (secondary N) is 1. The Morgan fingerprint density at radius 3 is 2.74 bits per heavy atom. The lowest BCUT2D eigenvalue weighted by Crippen LogP contribution is -2.37. The van der Waals surface area contributed by atoms with E-state index >= 15 is 0 Å². The molecule has 208 valence electrons. The quantitative estimate of drug-likeness (QED) is 0.396. The Labute approximate surface area is 229 Å². The first-order valence-corrected chi connectivity index (χ1v) is 13.9. The molecule has 0 bridgehead atoms. The largest absolute Gasteiger partial charge is 0.382 e. The molecule has 3 N–H and O–H groups in total. The van der Waals surface area contributed by atoms with Gasteiger partial charge in [-0.15, -0.1) is 0 Å². The number of amides is 1. The third kappa shape index (κ3) is 6.37. The van der Waals surface area contributed by atoms with Crippen molar-refractivity contribution in [1.82, 2.24) is 9.97 Å². The van der Waals surface area contributed by atoms with E-state index in [2.05, 4.69) is 27.1 Å². The third-order valence-corrected chi connectivity index (χ3v) is 8.00. The van der Waals surface area contributed by atoms with Crippen molar-refractivity contribution in [2.75, 3.05) is 43.6 Å². The number of aromatic nitrogens is 2. The normalized spacial score (nSPS) is 22.3. The summed E-state index contributed by atoms with van der Waals surface area (Å²) in [4.78, 5) is 24.5. The molecule has 0 radical (unpaired) electrons. The van der Waals surface area contributed by atoms with Crippen LogP contribution in [0.2, 0.25) is 0 Å². The molecule has 2 fully saturated rings. The summed E-state index contributed by atoms with van der Waals surface area (Å²) in [7, 11) is 1.66. The maximum absolute atomic E-state index is 15.0. The molecule has 5 rings (SSSR count). The lowest BCUT2D eigenvalue weighted by molar-refractivity contribution is 0.00610. The Morgan fingerprint density at radius 1 is 1.15 bits per heavy atom. The number of carbonyl (C=O) groups excluding carboxylic acids is 1. The second-order valence-electron chi connectivity index (χ2n) is 10.9. The fraction of sp³-hybridized carbons (Fsp3) is 0.500. The lowest BCUT2D eigenvalue weighted by atomic mass is 9.76. The van der Waals surface area contributed by atoms with E-state index in [-0.39, 0.29) is 24.0 Å². The maximum Gasteiger partial charge on any atom is 0.257 e. The molecule has 3 aromatic rings. The predicted molar refractivity (Wildman–Crippen MR) is 151 cm³/mol. The molecule has 3 atom stereocenters. The Bertz CT molecular complexity index is 1290. The van der Waals surface area contributed by atoms with Crippen molar-refractivity contribution in [3.8, 4) is 0 Å². The molecule has 0 spiro atoms. The zero-order valence-electron chi connectivity index (χ0n) is 22.7. The van der Waals surface area contributed by atoms with Gasteiger partial charge in [-0.05, 0) is 73.8 Å². The molecule has 3 heterocycles. The highest BCUT2D eigenvalue weighted by molar-refractivity contribution is 6.12. The molecule has 9 heteroatoms. The second kappa shape index (κ2) is 12.4. The van der Waals surface area contributed by atoms with Gasteiger partial charge in [0.05, 0.1) is 54.2 Å². The maximum atomic E-state index is 15.0. The zero-order valence-corrected chi connectivity index (χ0v) is 22.7. The average molecular weight is 536 g/mol. The van der Waals surface area contributed by atoms with E-state index in [1.54, 1.807) is 31.8 Å². The van der Waals surface area contributed by atoms with Crippen LogP contribution in [0, 0.1) is 11.7 Å². The first kappa shape index (κ1) is 27.4. The molecule has 1 saturated carbocycles. The third-order valence-electron chi connectivity index (χ3n) is 8.00. The number of nitrogens with zero attached hydrogens (tertiary/aromatic N) is 3. The number of benzene rings is 1. The molecule has 1 aliphatic carbocycles. The molecular weight excluding hydrogens is 497 g/mol. The van der Waals surface area contributed by atoms with Crippen LogP contribution < -0.4 is 16.0 Å².